The van der Waals surface area contributed by atoms with E-state index in [0.29, 0.717) is 13.0 Å². The van der Waals surface area contributed by atoms with E-state index < -0.39 is 115 Å². The Kier molecular flexibility index (Phi) is 9.42. The predicted molar refractivity (Wildman–Crippen MR) is 155 cm³/mol. The molecule has 0 saturated carbocycles. The van der Waals surface area contributed by atoms with Gasteiger partial charge in [-0.2, -0.15) is 0 Å². The van der Waals surface area contributed by atoms with Crippen molar-refractivity contribution in [2.24, 2.45) is 0 Å². The average Bonchev–Trinajstić information content (AvgIpc) is 3.50. The summed E-state index contributed by atoms with van der Waals surface area (Å²) in [6.07, 6.45) is -12.5. The number of anilines is 2. The number of hydrogen-bond acceptors (Lipinski definition) is 10. The van der Waals surface area contributed by atoms with Crippen LogP contribution < -0.4 is 47.0 Å². The Bertz CT molecular complexity index is 1700. The summed E-state index contributed by atoms with van der Waals surface area (Å²) in [5.74, 6) is -2.83. The normalized spacial score (nSPS) is 25.4. The van der Waals surface area contributed by atoms with Crippen LogP contribution >= 0.6 is 0 Å². The number of hydrogen-bond donors (Lipinski definition) is 3. The summed E-state index contributed by atoms with van der Waals surface area (Å²) in [6, 6.07) is 0.333. The Labute approximate surface area is 279 Å². The molecule has 0 radical (unpaired) electrons. The van der Waals surface area contributed by atoms with Crippen molar-refractivity contribution in [3.63, 3.8) is 0 Å². The monoisotopic (exact) mass is 803 g/mol. The van der Waals surface area contributed by atoms with Crippen molar-refractivity contribution in [1.29, 1.82) is 0 Å². The second kappa shape index (κ2) is 13.0. The van der Waals surface area contributed by atoms with E-state index in [-0.39, 0.29) is 42.5 Å². The van der Waals surface area contributed by atoms with Crippen LogP contribution in [-0.4, -0.2) is 90.6 Å². The van der Waals surface area contributed by atoms with E-state index >= 15 is 4.39 Å². The number of aryl methyl sites for hydroxylation is 1. The molecule has 2 fully saturated rings. The van der Waals surface area contributed by atoms with E-state index in [0.717, 1.165) is 19.4 Å². The summed E-state index contributed by atoms with van der Waals surface area (Å²) < 4.78 is 128. The molecule has 0 bridgehead atoms. The zero-order valence-electron chi connectivity index (χ0n) is 25.7. The van der Waals surface area contributed by atoms with Crippen LogP contribution in [0.25, 0.3) is 22.2 Å². The first kappa shape index (κ1) is 34.8. The Morgan fingerprint density at radius 2 is 1.94 bits per heavy atom. The van der Waals surface area contributed by atoms with Crippen LogP contribution in [0.5, 0.6) is 11.9 Å². The second-order valence-corrected chi connectivity index (χ2v) is 14.8. The van der Waals surface area contributed by atoms with Crippen LogP contribution in [-0.2, 0) is 6.18 Å². The second-order valence-electron chi connectivity index (χ2n) is 12.0. The number of nitrogens with one attached hydrogen (secondary N) is 2. The zero-order valence-corrected chi connectivity index (χ0v) is 27.9. The number of aromatic nitrogens is 4. The summed E-state index contributed by atoms with van der Waals surface area (Å²) >= 11 is -0.568. The van der Waals surface area contributed by atoms with Gasteiger partial charge in [0, 0.05) is 0 Å². The minimum atomic E-state index is -5.07. The molecule has 6 heterocycles. The zero-order chi connectivity index (χ0) is 34.6. The third-order valence-corrected chi connectivity index (χ3v) is 11.2. The fourth-order valence-electron chi connectivity index (χ4n) is 6.67. The van der Waals surface area contributed by atoms with Gasteiger partial charge in [-0.1, -0.05) is 0 Å². The molecule has 3 aromatic heterocycles. The molecule has 3 aromatic rings. The number of alkyl halides is 9. The van der Waals surface area contributed by atoms with E-state index in [4.69, 9.17) is 15.2 Å². The molecule has 3 aliphatic heterocycles. The van der Waals surface area contributed by atoms with Gasteiger partial charge in [-0.15, -0.1) is 0 Å². The van der Waals surface area contributed by atoms with Gasteiger partial charge < -0.3 is 0 Å². The number of rotatable bonds is 5. The molecule has 6 rings (SSSR count). The summed E-state index contributed by atoms with van der Waals surface area (Å²) in [5.41, 5.74) is 0.570. The van der Waals surface area contributed by atoms with Gasteiger partial charge in [0.05, 0.1) is 0 Å². The van der Waals surface area contributed by atoms with Crippen LogP contribution in [0, 0.1) is 12.7 Å². The number of nitrogen functional groups attached to an aromatic ring is 1. The maximum absolute atomic E-state index is 16.7. The van der Waals surface area contributed by atoms with Gasteiger partial charge >= 0.3 is 280 Å². The van der Waals surface area contributed by atoms with Gasteiger partial charge in [0.25, 0.3) is 0 Å². The third-order valence-electron chi connectivity index (χ3n) is 8.82. The van der Waals surface area contributed by atoms with Gasteiger partial charge in [0.2, 0.25) is 0 Å². The number of pyridine rings is 2. The van der Waals surface area contributed by atoms with Gasteiger partial charge in [-0.05, 0) is 0 Å². The van der Waals surface area contributed by atoms with E-state index in [1.807, 2.05) is 9.83 Å². The molecule has 10 nitrogen and oxygen atoms in total. The predicted octanol–water partition coefficient (Wildman–Crippen LogP) is 1.85. The number of halogens is 9. The first-order valence-corrected chi connectivity index (χ1v) is 18.5. The van der Waals surface area contributed by atoms with Crippen molar-refractivity contribution >= 4 is 22.5 Å². The molecular weight excluding hydrogens is 771 g/mol. The molecule has 2 saturated heterocycles. The first-order chi connectivity index (χ1) is 22.6. The van der Waals surface area contributed by atoms with Crippen molar-refractivity contribution in [3.05, 3.63) is 23.1 Å². The van der Waals surface area contributed by atoms with Crippen LogP contribution in [0.1, 0.15) is 36.9 Å². The van der Waals surface area contributed by atoms with E-state index in [1.54, 1.807) is 0 Å². The molecule has 0 aliphatic carbocycles. The van der Waals surface area contributed by atoms with Crippen LogP contribution in [0.2, 0.25) is 0 Å². The van der Waals surface area contributed by atoms with Crippen molar-refractivity contribution < 1.29 is 65.8 Å². The molecule has 0 spiro atoms. The van der Waals surface area contributed by atoms with Crippen molar-refractivity contribution in [3.8, 4) is 23.1 Å². The first-order valence-electron chi connectivity index (χ1n) is 15.1. The standard InChI is InChI=1S/C29H32F8IN8O2/c1-13-20(29(35,36)37)15(8-18(39)42-13)22-21(31)23-19-24(45-26(44-23)47-12-27-5-3-7-46(27)11-14(30)9-27)41-10-17(38-2)40-6-4-16(28(32,33)34)48-25(19)43-22/h8,14,16-17,40H,3-7,9-12H2,1-2H3,(H2,39,42)(H,41,44,45)/q-1/t14-,16-,17?,27+/m1/s1. The third kappa shape index (κ3) is 6.73. The summed E-state index contributed by atoms with van der Waals surface area (Å²) in [4.78, 5) is 20.0. The Balaban J connectivity index is 1.57. The van der Waals surface area contributed by atoms with E-state index in [2.05, 4.69) is 30.6 Å². The van der Waals surface area contributed by atoms with E-state index in [9.17, 15) is 30.7 Å². The van der Waals surface area contributed by atoms with Gasteiger partial charge in [-0.3, -0.25) is 0 Å². The Hall–Kier alpha value is -3.07. The molecule has 4 atom stereocenters. The quantitative estimate of drug-likeness (QED) is 0.153. The van der Waals surface area contributed by atoms with Crippen molar-refractivity contribution in [1.82, 2.24) is 30.2 Å². The number of nitrogens with zero attached hydrogens (tertiary/aromatic N) is 5. The van der Waals surface area contributed by atoms with Crippen LogP contribution in [0.15, 0.2) is 6.07 Å². The molecule has 19 heteroatoms. The molecule has 3 aliphatic rings. The number of nitrogens with two attached hydrogens (primary N) is 1. The topological polar surface area (TPSA) is 123 Å². The number of fused-ring (bicyclic) bond motifs is 1. The van der Waals surface area contributed by atoms with Crippen LogP contribution in [0.4, 0.5) is 46.8 Å². The Morgan fingerprint density at radius 1 is 1.17 bits per heavy atom. The summed E-state index contributed by atoms with van der Waals surface area (Å²) in [7, 11) is 0. The molecule has 4 N–H and O–H groups in total. The molecular formula is C29H32F8IN8O2-. The van der Waals surface area contributed by atoms with Crippen molar-refractivity contribution in [2.45, 2.75) is 66.8 Å². The molecule has 264 valence electrons. The molecule has 0 aromatic carbocycles. The molecule has 0 amide bonds. The molecule has 48 heavy (non-hydrogen) atoms. The van der Waals surface area contributed by atoms with Gasteiger partial charge in [0.15, 0.2) is 0 Å². The SMILES string of the molecule is C[I-]C1CNc2nc(OC[C@@]34CCCN3C[C@H](F)C4)nc3c(F)c(-c4cc(N)nc(C)c4C(F)(F)F)nc(c23)O[C@@H](C(F)(F)F)CCN1. The Morgan fingerprint density at radius 3 is 2.65 bits per heavy atom. The van der Waals surface area contributed by atoms with Gasteiger partial charge in [0.1, 0.15) is 0 Å². The summed E-state index contributed by atoms with van der Waals surface area (Å²) in [5, 5.41) is 5.68. The van der Waals surface area contributed by atoms with Gasteiger partial charge in [-0.25, -0.2) is 0 Å². The summed E-state index contributed by atoms with van der Waals surface area (Å²) in [6.45, 7) is 1.88. The minimum absolute atomic E-state index is 0.0691. The van der Waals surface area contributed by atoms with Crippen molar-refractivity contribution in [2.75, 3.05) is 48.8 Å². The van der Waals surface area contributed by atoms with Crippen LogP contribution in [0.3, 0.4) is 0 Å². The maximum atomic E-state index is 16.7. The average molecular weight is 804 g/mol. The van der Waals surface area contributed by atoms with E-state index in [1.165, 1.54) is 0 Å². The fourth-order valence-corrected chi connectivity index (χ4v) is 8.09. The molecule has 1 unspecified atom stereocenters. The number of ether oxygens (including phenoxy) is 2. The fraction of sp³-hybridized carbons (Fsp3) is 0.586.